The summed E-state index contributed by atoms with van der Waals surface area (Å²) in [4.78, 5) is 15.1. The van der Waals surface area contributed by atoms with Crippen molar-refractivity contribution in [2.24, 2.45) is 4.99 Å². The van der Waals surface area contributed by atoms with Gasteiger partial charge in [-0.3, -0.25) is 0 Å². The van der Waals surface area contributed by atoms with Crippen LogP contribution in [0.3, 0.4) is 0 Å². The highest BCUT2D eigenvalue weighted by Gasteiger charge is 2.41. The highest BCUT2D eigenvalue weighted by atomic mass is 16.7. The van der Waals surface area contributed by atoms with E-state index in [0.717, 1.165) is 36.8 Å². The Hall–Kier alpha value is -1.84. The molecule has 1 aliphatic heterocycles. The molecule has 5 nitrogen and oxygen atoms in total. The molecule has 1 saturated carbocycles. The van der Waals surface area contributed by atoms with Crippen LogP contribution < -0.4 is 9.47 Å². The summed E-state index contributed by atoms with van der Waals surface area (Å²) in [5, 5.41) is 0. The minimum Gasteiger partial charge on any atom is -0.454 e. The number of hydrogen-bond acceptors (Lipinski definition) is 5. The molecule has 1 fully saturated rings. The lowest BCUT2D eigenvalue weighted by atomic mass is 9.84. The van der Waals surface area contributed by atoms with Crippen LogP contribution in [-0.2, 0) is 21.7 Å². The van der Waals surface area contributed by atoms with Crippen LogP contribution in [0.4, 0.5) is 0 Å². The number of benzene rings is 1. The average molecular weight is 275 g/mol. The topological polar surface area (TPSA) is 57.1 Å². The van der Waals surface area contributed by atoms with Gasteiger partial charge in [-0.1, -0.05) is 18.9 Å². The van der Waals surface area contributed by atoms with Crippen molar-refractivity contribution >= 4 is 6.08 Å². The fourth-order valence-corrected chi connectivity index (χ4v) is 3.26. The molecule has 1 aromatic rings. The molecule has 5 heteroatoms. The molecule has 1 heterocycles. The van der Waals surface area contributed by atoms with E-state index in [9.17, 15) is 4.79 Å². The standard InChI is InChI=1S/C15H17NO4/c1-18-8-11-4-5-12-14(20-10-19-12)13(11)15(16-9-17)6-2-3-7-15/h4-5H,2-3,6-8,10H2,1H3. The predicted molar refractivity (Wildman–Crippen MR) is 71.5 cm³/mol. The van der Waals surface area contributed by atoms with E-state index < -0.39 is 5.54 Å². The summed E-state index contributed by atoms with van der Waals surface area (Å²) in [6.45, 7) is 0.668. The normalized spacial score (nSPS) is 18.9. The molecule has 0 N–H and O–H groups in total. The van der Waals surface area contributed by atoms with Crippen molar-refractivity contribution in [1.82, 2.24) is 0 Å². The molecular formula is C15H17NO4. The van der Waals surface area contributed by atoms with Crippen molar-refractivity contribution in [1.29, 1.82) is 0 Å². The van der Waals surface area contributed by atoms with Crippen molar-refractivity contribution in [3.63, 3.8) is 0 Å². The summed E-state index contributed by atoms with van der Waals surface area (Å²) >= 11 is 0. The maximum Gasteiger partial charge on any atom is 0.235 e. The highest BCUT2D eigenvalue weighted by Crippen LogP contribution is 2.51. The third-order valence-electron chi connectivity index (χ3n) is 4.08. The van der Waals surface area contributed by atoms with Crippen molar-refractivity contribution in [3.05, 3.63) is 23.3 Å². The van der Waals surface area contributed by atoms with Crippen LogP contribution in [0.15, 0.2) is 17.1 Å². The quantitative estimate of drug-likeness (QED) is 0.626. The monoisotopic (exact) mass is 275 g/mol. The summed E-state index contributed by atoms with van der Waals surface area (Å²) in [6, 6.07) is 3.85. The van der Waals surface area contributed by atoms with Crippen LogP contribution in [0.1, 0.15) is 36.8 Å². The lowest BCUT2D eigenvalue weighted by Gasteiger charge is -2.26. The minimum absolute atomic E-state index is 0.208. The summed E-state index contributed by atoms with van der Waals surface area (Å²) in [7, 11) is 1.65. The van der Waals surface area contributed by atoms with Gasteiger partial charge in [-0.15, -0.1) is 0 Å². The van der Waals surface area contributed by atoms with Gasteiger partial charge in [0.15, 0.2) is 11.5 Å². The zero-order valence-corrected chi connectivity index (χ0v) is 11.5. The second-order valence-corrected chi connectivity index (χ2v) is 5.21. The van der Waals surface area contributed by atoms with Gasteiger partial charge in [-0.05, 0) is 24.5 Å². The van der Waals surface area contributed by atoms with Crippen molar-refractivity contribution in [2.45, 2.75) is 37.8 Å². The highest BCUT2D eigenvalue weighted by molar-refractivity contribution is 5.56. The second kappa shape index (κ2) is 5.27. The first-order valence-electron chi connectivity index (χ1n) is 6.81. The maximum absolute atomic E-state index is 10.9. The smallest absolute Gasteiger partial charge is 0.235 e. The Morgan fingerprint density at radius 2 is 2.15 bits per heavy atom. The number of isocyanates is 1. The number of nitrogens with zero attached hydrogens (tertiary/aromatic N) is 1. The van der Waals surface area contributed by atoms with Gasteiger partial charge in [-0.25, -0.2) is 4.79 Å². The van der Waals surface area contributed by atoms with Crippen molar-refractivity contribution < 1.29 is 19.0 Å². The van der Waals surface area contributed by atoms with Gasteiger partial charge in [0.25, 0.3) is 0 Å². The number of rotatable bonds is 4. The first kappa shape index (κ1) is 13.2. The fourth-order valence-electron chi connectivity index (χ4n) is 3.26. The van der Waals surface area contributed by atoms with E-state index in [1.807, 2.05) is 12.1 Å². The van der Waals surface area contributed by atoms with Crippen molar-refractivity contribution in [2.75, 3.05) is 13.9 Å². The summed E-state index contributed by atoms with van der Waals surface area (Å²) in [6.07, 6.45) is 5.50. The largest absolute Gasteiger partial charge is 0.454 e. The number of hydrogen-bond donors (Lipinski definition) is 0. The Balaban J connectivity index is 2.19. The van der Waals surface area contributed by atoms with E-state index in [2.05, 4.69) is 4.99 Å². The Morgan fingerprint density at radius 3 is 2.85 bits per heavy atom. The van der Waals surface area contributed by atoms with Crippen LogP contribution in [0, 0.1) is 0 Å². The van der Waals surface area contributed by atoms with Crippen LogP contribution >= 0.6 is 0 Å². The van der Waals surface area contributed by atoms with Crippen LogP contribution in [0.5, 0.6) is 11.5 Å². The van der Waals surface area contributed by atoms with E-state index in [1.165, 1.54) is 0 Å². The zero-order chi connectivity index (χ0) is 14.0. The van der Waals surface area contributed by atoms with E-state index in [4.69, 9.17) is 14.2 Å². The molecule has 0 amide bonds. The minimum atomic E-state index is -0.533. The molecule has 1 aliphatic carbocycles. The lowest BCUT2D eigenvalue weighted by molar-refractivity contribution is 0.170. The SMILES string of the molecule is COCc1ccc2c(c1C1(N=C=O)CCCC1)OCO2. The molecule has 0 radical (unpaired) electrons. The van der Waals surface area contributed by atoms with Gasteiger partial charge < -0.3 is 14.2 Å². The number of fused-ring (bicyclic) bond motifs is 1. The summed E-state index contributed by atoms with van der Waals surface area (Å²) in [5.41, 5.74) is 1.40. The maximum atomic E-state index is 10.9. The molecule has 0 atom stereocenters. The third kappa shape index (κ3) is 1.99. The van der Waals surface area contributed by atoms with Crippen LogP contribution in [-0.4, -0.2) is 20.0 Å². The molecule has 106 valence electrons. The Labute approximate surface area is 117 Å². The van der Waals surface area contributed by atoms with Crippen molar-refractivity contribution in [3.8, 4) is 11.5 Å². The molecule has 3 rings (SSSR count). The van der Waals surface area contributed by atoms with Gasteiger partial charge in [0.05, 0.1) is 6.61 Å². The van der Waals surface area contributed by atoms with Crippen LogP contribution in [0.2, 0.25) is 0 Å². The Bertz CT molecular complexity index is 557. The molecule has 0 unspecified atom stereocenters. The van der Waals surface area contributed by atoms with Gasteiger partial charge >= 0.3 is 0 Å². The van der Waals surface area contributed by atoms with E-state index in [1.54, 1.807) is 13.2 Å². The van der Waals surface area contributed by atoms with Gasteiger partial charge in [-0.2, -0.15) is 4.99 Å². The number of carbonyl (C=O) groups excluding carboxylic acids is 1. The zero-order valence-electron chi connectivity index (χ0n) is 11.5. The second-order valence-electron chi connectivity index (χ2n) is 5.21. The van der Waals surface area contributed by atoms with E-state index >= 15 is 0 Å². The summed E-state index contributed by atoms with van der Waals surface area (Å²) < 4.78 is 16.4. The average Bonchev–Trinajstić information content (AvgIpc) is 3.08. The first-order valence-corrected chi connectivity index (χ1v) is 6.81. The molecule has 2 aliphatic rings. The first-order chi connectivity index (χ1) is 9.80. The predicted octanol–water partition coefficient (Wildman–Crippen LogP) is 2.67. The number of methoxy groups -OCH3 is 1. The van der Waals surface area contributed by atoms with Gasteiger partial charge in [0, 0.05) is 12.7 Å². The van der Waals surface area contributed by atoms with E-state index in [-0.39, 0.29) is 6.79 Å². The number of aliphatic imine (C=N–C) groups is 1. The lowest BCUT2D eigenvalue weighted by Crippen LogP contribution is -2.22. The molecule has 0 bridgehead atoms. The molecule has 0 spiro atoms. The molecule has 20 heavy (non-hydrogen) atoms. The van der Waals surface area contributed by atoms with Crippen LogP contribution in [0.25, 0.3) is 0 Å². The van der Waals surface area contributed by atoms with Gasteiger partial charge in [0.1, 0.15) is 5.54 Å². The summed E-state index contributed by atoms with van der Waals surface area (Å²) in [5.74, 6) is 1.42. The fraction of sp³-hybridized carbons (Fsp3) is 0.533. The Morgan fingerprint density at radius 1 is 1.35 bits per heavy atom. The molecule has 1 aromatic carbocycles. The Kier molecular flexibility index (Phi) is 3.47. The third-order valence-corrected chi connectivity index (χ3v) is 4.08. The molecular weight excluding hydrogens is 258 g/mol. The molecule has 0 saturated heterocycles. The van der Waals surface area contributed by atoms with Gasteiger partial charge in [0.2, 0.25) is 12.9 Å². The number of ether oxygens (including phenoxy) is 3. The molecule has 0 aromatic heterocycles. The van der Waals surface area contributed by atoms with E-state index in [0.29, 0.717) is 18.1 Å².